The first kappa shape index (κ1) is 14.6. The number of carbonyl (C=O) groups excluding carboxylic acids is 2. The summed E-state index contributed by atoms with van der Waals surface area (Å²) in [5.74, 6) is -0.363. The van der Waals surface area contributed by atoms with Gasteiger partial charge in [0, 0.05) is 0 Å². The predicted molar refractivity (Wildman–Crippen MR) is 75.5 cm³/mol. The van der Waals surface area contributed by atoms with Crippen LogP contribution in [0.2, 0.25) is 0 Å². The molecule has 0 aliphatic heterocycles. The molecule has 1 N–H and O–H groups in total. The number of ether oxygens (including phenoxy) is 2. The van der Waals surface area contributed by atoms with Crippen LogP contribution >= 0.6 is 0 Å². The average Bonchev–Trinajstić information content (AvgIpc) is 2.92. The monoisotopic (exact) mass is 289 g/mol. The van der Waals surface area contributed by atoms with Gasteiger partial charge in [-0.05, 0) is 19.1 Å². The van der Waals surface area contributed by atoms with Crippen molar-refractivity contribution in [3.63, 3.8) is 0 Å². The van der Waals surface area contributed by atoms with Gasteiger partial charge in [-0.25, -0.2) is 14.3 Å². The van der Waals surface area contributed by atoms with Crippen molar-refractivity contribution in [3.8, 4) is 5.69 Å². The number of anilines is 1. The molecule has 1 amide bonds. The van der Waals surface area contributed by atoms with E-state index < -0.39 is 12.1 Å². The number of hydrogen-bond donors (Lipinski definition) is 1. The van der Waals surface area contributed by atoms with E-state index in [9.17, 15) is 9.59 Å². The molecule has 0 saturated carbocycles. The topological polar surface area (TPSA) is 82.5 Å². The number of nitrogens with one attached hydrogen (secondary N) is 1. The highest BCUT2D eigenvalue weighted by atomic mass is 16.5. The zero-order valence-corrected chi connectivity index (χ0v) is 11.7. The van der Waals surface area contributed by atoms with Gasteiger partial charge in [-0.1, -0.05) is 18.2 Å². The van der Waals surface area contributed by atoms with E-state index in [1.165, 1.54) is 18.0 Å². The van der Waals surface area contributed by atoms with Crippen LogP contribution in [-0.2, 0) is 9.47 Å². The molecule has 21 heavy (non-hydrogen) atoms. The van der Waals surface area contributed by atoms with E-state index in [0.29, 0.717) is 5.69 Å². The molecule has 0 unspecified atom stereocenters. The highest BCUT2D eigenvalue weighted by Gasteiger charge is 2.21. The zero-order chi connectivity index (χ0) is 15.2. The molecule has 7 nitrogen and oxygen atoms in total. The minimum Gasteiger partial charge on any atom is -0.462 e. The molecule has 7 heteroatoms. The second-order valence-electron chi connectivity index (χ2n) is 3.99. The number of methoxy groups -OCH3 is 1. The van der Waals surface area contributed by atoms with E-state index >= 15 is 0 Å². The summed E-state index contributed by atoms with van der Waals surface area (Å²) in [6.45, 7) is 1.93. The van der Waals surface area contributed by atoms with E-state index in [1.807, 2.05) is 18.2 Å². The van der Waals surface area contributed by atoms with Crippen molar-refractivity contribution in [2.24, 2.45) is 0 Å². The first-order chi connectivity index (χ1) is 10.2. The third-order valence-corrected chi connectivity index (χ3v) is 2.67. The number of aromatic nitrogens is 2. The van der Waals surface area contributed by atoms with Crippen molar-refractivity contribution in [2.45, 2.75) is 6.92 Å². The molecule has 1 aromatic heterocycles. The van der Waals surface area contributed by atoms with Crippen LogP contribution in [0.15, 0.2) is 36.5 Å². The molecule has 0 spiro atoms. The van der Waals surface area contributed by atoms with E-state index in [4.69, 9.17) is 4.74 Å². The minimum absolute atomic E-state index is 0.158. The molecule has 0 saturated heterocycles. The van der Waals surface area contributed by atoms with Gasteiger partial charge in [0.2, 0.25) is 0 Å². The number of rotatable bonds is 4. The van der Waals surface area contributed by atoms with Crippen molar-refractivity contribution in [1.29, 1.82) is 0 Å². The van der Waals surface area contributed by atoms with Crippen LogP contribution in [0.5, 0.6) is 0 Å². The van der Waals surface area contributed by atoms with Crippen LogP contribution in [0.4, 0.5) is 10.6 Å². The molecule has 1 heterocycles. The number of nitrogens with zero attached hydrogens (tertiary/aromatic N) is 2. The molecule has 0 aliphatic rings. The largest absolute Gasteiger partial charge is 0.462 e. The Kier molecular flexibility index (Phi) is 4.55. The Morgan fingerprint density at radius 3 is 2.62 bits per heavy atom. The standard InChI is InChI=1S/C14H15N3O4/c1-3-21-13(18)11-9-15-17(10-7-5-4-6-8-10)12(11)16-14(19)20-2/h4-9H,3H2,1-2H3,(H,16,19). The maximum atomic E-state index is 11.9. The molecule has 0 bridgehead atoms. The van der Waals surface area contributed by atoms with Gasteiger partial charge < -0.3 is 9.47 Å². The number of esters is 1. The summed E-state index contributed by atoms with van der Waals surface area (Å²) < 4.78 is 10.9. The van der Waals surface area contributed by atoms with E-state index in [2.05, 4.69) is 15.2 Å². The summed E-state index contributed by atoms with van der Waals surface area (Å²) in [5, 5.41) is 6.61. The Morgan fingerprint density at radius 2 is 2.00 bits per heavy atom. The fourth-order valence-corrected chi connectivity index (χ4v) is 1.74. The van der Waals surface area contributed by atoms with Crippen LogP contribution in [0.25, 0.3) is 5.69 Å². The lowest BCUT2D eigenvalue weighted by atomic mass is 10.3. The van der Waals surface area contributed by atoms with Gasteiger partial charge in [0.05, 0.1) is 25.6 Å². The highest BCUT2D eigenvalue weighted by Crippen LogP contribution is 2.21. The number of hydrogen-bond acceptors (Lipinski definition) is 5. The number of para-hydroxylation sites is 1. The van der Waals surface area contributed by atoms with E-state index in [1.54, 1.807) is 19.1 Å². The number of benzene rings is 1. The van der Waals surface area contributed by atoms with Crippen LogP contribution in [0.1, 0.15) is 17.3 Å². The maximum Gasteiger partial charge on any atom is 0.412 e. The highest BCUT2D eigenvalue weighted by molar-refractivity contribution is 5.98. The zero-order valence-electron chi connectivity index (χ0n) is 11.7. The Bertz CT molecular complexity index is 637. The van der Waals surface area contributed by atoms with Gasteiger partial charge in [-0.3, -0.25) is 5.32 Å². The van der Waals surface area contributed by atoms with Gasteiger partial charge in [0.15, 0.2) is 5.82 Å². The van der Waals surface area contributed by atoms with Crippen molar-refractivity contribution >= 4 is 17.9 Å². The van der Waals surface area contributed by atoms with E-state index in [0.717, 1.165) is 0 Å². The van der Waals surface area contributed by atoms with Gasteiger partial charge in [0.25, 0.3) is 0 Å². The quantitative estimate of drug-likeness (QED) is 0.873. The van der Waals surface area contributed by atoms with Gasteiger partial charge >= 0.3 is 12.1 Å². The molecule has 0 fully saturated rings. The molecular formula is C14H15N3O4. The first-order valence-electron chi connectivity index (χ1n) is 6.33. The van der Waals surface area contributed by atoms with Gasteiger partial charge in [0.1, 0.15) is 5.56 Å². The van der Waals surface area contributed by atoms with E-state index in [-0.39, 0.29) is 18.0 Å². The van der Waals surface area contributed by atoms with Crippen molar-refractivity contribution in [1.82, 2.24) is 9.78 Å². The van der Waals surface area contributed by atoms with Crippen LogP contribution in [-0.4, -0.2) is 35.6 Å². The summed E-state index contributed by atoms with van der Waals surface area (Å²) in [5.41, 5.74) is 0.852. The summed E-state index contributed by atoms with van der Waals surface area (Å²) >= 11 is 0. The van der Waals surface area contributed by atoms with Crippen molar-refractivity contribution in [2.75, 3.05) is 19.0 Å². The Hall–Kier alpha value is -2.83. The third-order valence-electron chi connectivity index (χ3n) is 2.67. The predicted octanol–water partition coefficient (Wildman–Crippen LogP) is 2.23. The Labute approximate surface area is 121 Å². The van der Waals surface area contributed by atoms with Crippen molar-refractivity contribution < 1.29 is 19.1 Å². The molecule has 0 aliphatic carbocycles. The second-order valence-corrected chi connectivity index (χ2v) is 3.99. The number of carbonyl (C=O) groups is 2. The molecule has 0 radical (unpaired) electrons. The average molecular weight is 289 g/mol. The summed E-state index contributed by atoms with van der Waals surface area (Å²) in [4.78, 5) is 23.4. The SMILES string of the molecule is CCOC(=O)c1cnn(-c2ccccc2)c1NC(=O)OC. The van der Waals surface area contributed by atoms with Crippen LogP contribution < -0.4 is 5.32 Å². The van der Waals surface area contributed by atoms with Crippen LogP contribution in [0, 0.1) is 0 Å². The molecule has 2 aromatic rings. The summed E-state index contributed by atoms with van der Waals surface area (Å²) in [6.07, 6.45) is 0.647. The molecule has 110 valence electrons. The van der Waals surface area contributed by atoms with Crippen LogP contribution in [0.3, 0.4) is 0 Å². The normalized spacial score (nSPS) is 10.0. The summed E-state index contributed by atoms with van der Waals surface area (Å²) in [7, 11) is 1.24. The van der Waals surface area contributed by atoms with Gasteiger partial charge in [-0.15, -0.1) is 0 Å². The smallest absolute Gasteiger partial charge is 0.412 e. The Morgan fingerprint density at radius 1 is 1.29 bits per heavy atom. The van der Waals surface area contributed by atoms with Crippen molar-refractivity contribution in [3.05, 3.63) is 42.1 Å². The molecular weight excluding hydrogens is 274 g/mol. The Balaban J connectivity index is 2.46. The third kappa shape index (κ3) is 3.19. The lowest BCUT2D eigenvalue weighted by Gasteiger charge is -2.10. The lowest BCUT2D eigenvalue weighted by molar-refractivity contribution is 0.0527. The second kappa shape index (κ2) is 6.56. The fourth-order valence-electron chi connectivity index (χ4n) is 1.74. The maximum absolute atomic E-state index is 11.9. The minimum atomic E-state index is -0.696. The first-order valence-corrected chi connectivity index (χ1v) is 6.33. The summed E-state index contributed by atoms with van der Waals surface area (Å²) in [6, 6.07) is 9.09. The molecule has 2 rings (SSSR count). The fraction of sp³-hybridized carbons (Fsp3) is 0.214. The lowest BCUT2D eigenvalue weighted by Crippen LogP contribution is -2.17. The molecule has 1 aromatic carbocycles. The number of amides is 1. The molecule has 0 atom stereocenters. The van der Waals surface area contributed by atoms with Gasteiger partial charge in [-0.2, -0.15) is 5.10 Å².